The lowest BCUT2D eigenvalue weighted by molar-refractivity contribution is -0.206. The fourth-order valence-corrected chi connectivity index (χ4v) is 5.85. The molecule has 2 aromatic rings. The molecule has 0 unspecified atom stereocenters. The maximum atomic E-state index is 13.8. The van der Waals surface area contributed by atoms with E-state index in [1.807, 2.05) is 30.3 Å². The summed E-state index contributed by atoms with van der Waals surface area (Å²) in [6.07, 6.45) is 0. The lowest BCUT2D eigenvalue weighted by atomic mass is 9.71. The van der Waals surface area contributed by atoms with E-state index in [4.69, 9.17) is 9.47 Å². The van der Waals surface area contributed by atoms with E-state index in [2.05, 4.69) is 0 Å². The fourth-order valence-electron chi connectivity index (χ4n) is 5.85. The number of ketones is 1. The molecule has 5 atom stereocenters. The van der Waals surface area contributed by atoms with Crippen LogP contribution in [0.15, 0.2) is 60.7 Å². The van der Waals surface area contributed by atoms with Crippen LogP contribution in [0.1, 0.15) is 18.5 Å². The van der Waals surface area contributed by atoms with Gasteiger partial charge in [-0.15, -0.1) is 0 Å². The Balaban J connectivity index is 1.53. The third-order valence-corrected chi connectivity index (χ3v) is 7.13. The molecule has 0 N–H and O–H groups in total. The van der Waals surface area contributed by atoms with Gasteiger partial charge < -0.3 is 9.47 Å². The molecule has 0 radical (unpaired) electrons. The van der Waals surface area contributed by atoms with Gasteiger partial charge in [0.2, 0.25) is 17.4 Å². The van der Waals surface area contributed by atoms with Crippen molar-refractivity contribution < 1.29 is 28.7 Å². The van der Waals surface area contributed by atoms with Crippen LogP contribution in [0.5, 0.6) is 0 Å². The molecule has 4 heterocycles. The number of Topliss-reactive ketones (excluding diaryl/α,β-unsaturated/α-hetero) is 1. The topological polar surface area (TPSA) is 93.2 Å². The molecular formula is C24H20N2O6. The van der Waals surface area contributed by atoms with Gasteiger partial charge in [-0.3, -0.25) is 24.1 Å². The second-order valence-corrected chi connectivity index (χ2v) is 8.66. The Morgan fingerprint density at radius 1 is 0.938 bits per heavy atom. The van der Waals surface area contributed by atoms with Gasteiger partial charge in [0.05, 0.1) is 24.9 Å². The van der Waals surface area contributed by atoms with E-state index in [9.17, 15) is 19.2 Å². The third-order valence-electron chi connectivity index (χ3n) is 7.13. The zero-order chi connectivity index (χ0) is 22.3. The average Bonchev–Trinajstić information content (AvgIpc) is 3.37. The van der Waals surface area contributed by atoms with Crippen molar-refractivity contribution in [3.8, 4) is 0 Å². The first-order chi connectivity index (χ1) is 15.4. The summed E-state index contributed by atoms with van der Waals surface area (Å²) in [6, 6.07) is 17.3. The summed E-state index contributed by atoms with van der Waals surface area (Å²) in [7, 11) is 0. The number of hydrogen-bond acceptors (Lipinski definition) is 6. The number of imide groups is 1. The number of para-hydroxylation sites is 1. The minimum absolute atomic E-state index is 0.0834. The molecule has 0 aliphatic carbocycles. The van der Waals surface area contributed by atoms with Gasteiger partial charge in [-0.1, -0.05) is 48.5 Å². The molecule has 1 spiro atoms. The maximum Gasteiger partial charge on any atom is 0.266 e. The number of ether oxygens (including phenoxy) is 2. The summed E-state index contributed by atoms with van der Waals surface area (Å²) >= 11 is 0. The quantitative estimate of drug-likeness (QED) is 0.539. The maximum absolute atomic E-state index is 13.8. The van der Waals surface area contributed by atoms with Crippen molar-refractivity contribution in [2.24, 2.45) is 11.8 Å². The van der Waals surface area contributed by atoms with E-state index in [1.54, 1.807) is 30.3 Å². The molecule has 4 saturated heterocycles. The highest BCUT2D eigenvalue weighted by Gasteiger charge is 2.85. The van der Waals surface area contributed by atoms with Crippen molar-refractivity contribution >= 4 is 29.2 Å². The Hall–Kier alpha value is -3.36. The van der Waals surface area contributed by atoms with Gasteiger partial charge in [-0.25, -0.2) is 4.90 Å². The molecule has 8 heteroatoms. The van der Waals surface area contributed by atoms with E-state index in [1.165, 1.54) is 11.8 Å². The van der Waals surface area contributed by atoms with Gasteiger partial charge in [-0.05, 0) is 24.6 Å². The number of benzene rings is 2. The SMILES string of the molecule is CC(=O)[C@@]12O[C@]3(COC[C@H](c4ccccc4)N3C1=O)[C@@H]1C(=O)N(c3ccccc3)C(=O)[C@@H]12. The van der Waals surface area contributed by atoms with Crippen LogP contribution >= 0.6 is 0 Å². The molecule has 162 valence electrons. The van der Waals surface area contributed by atoms with Crippen LogP contribution < -0.4 is 4.90 Å². The predicted molar refractivity (Wildman–Crippen MR) is 110 cm³/mol. The minimum atomic E-state index is -2.03. The molecule has 6 rings (SSSR count). The van der Waals surface area contributed by atoms with E-state index in [0.717, 1.165) is 10.5 Å². The minimum Gasteiger partial charge on any atom is -0.374 e. The van der Waals surface area contributed by atoms with Crippen LogP contribution in [-0.2, 0) is 28.7 Å². The van der Waals surface area contributed by atoms with E-state index >= 15 is 0 Å². The van der Waals surface area contributed by atoms with Gasteiger partial charge in [-0.2, -0.15) is 0 Å². The van der Waals surface area contributed by atoms with Crippen molar-refractivity contribution in [3.05, 3.63) is 66.2 Å². The molecular weight excluding hydrogens is 412 g/mol. The normalized spacial score (nSPS) is 35.3. The number of carbonyl (C=O) groups is 4. The van der Waals surface area contributed by atoms with Gasteiger partial charge in [0.25, 0.3) is 5.91 Å². The first-order valence-corrected chi connectivity index (χ1v) is 10.5. The van der Waals surface area contributed by atoms with Gasteiger partial charge in [0.1, 0.15) is 11.8 Å². The molecule has 0 aromatic heterocycles. The molecule has 8 nitrogen and oxygen atoms in total. The molecule has 32 heavy (non-hydrogen) atoms. The lowest BCUT2D eigenvalue weighted by Gasteiger charge is -2.48. The van der Waals surface area contributed by atoms with Crippen LogP contribution in [0, 0.1) is 11.8 Å². The van der Waals surface area contributed by atoms with Crippen LogP contribution in [0.3, 0.4) is 0 Å². The average molecular weight is 432 g/mol. The predicted octanol–water partition coefficient (Wildman–Crippen LogP) is 1.46. The Kier molecular flexibility index (Phi) is 3.83. The summed E-state index contributed by atoms with van der Waals surface area (Å²) in [5.74, 6) is -4.46. The van der Waals surface area contributed by atoms with Crippen LogP contribution in [0.2, 0.25) is 0 Å². The monoisotopic (exact) mass is 432 g/mol. The van der Waals surface area contributed by atoms with Gasteiger partial charge in [0.15, 0.2) is 11.5 Å². The van der Waals surface area contributed by atoms with E-state index < -0.39 is 52.7 Å². The lowest BCUT2D eigenvalue weighted by Crippen LogP contribution is -2.66. The number of morpholine rings is 1. The Bertz CT molecular complexity index is 1170. The van der Waals surface area contributed by atoms with Crippen molar-refractivity contribution in [2.45, 2.75) is 24.3 Å². The summed E-state index contributed by atoms with van der Waals surface area (Å²) in [5.41, 5.74) is -2.32. The summed E-state index contributed by atoms with van der Waals surface area (Å²) < 4.78 is 12.1. The third kappa shape index (κ3) is 2.09. The highest BCUT2D eigenvalue weighted by atomic mass is 16.6. The van der Waals surface area contributed by atoms with Gasteiger partial charge in [0, 0.05) is 0 Å². The van der Waals surface area contributed by atoms with Crippen molar-refractivity contribution in [1.29, 1.82) is 0 Å². The number of fused-ring (bicyclic) bond motifs is 3. The Labute approximate surface area is 183 Å². The standard InChI is InChI=1S/C24H20N2O6/c1-14(27)24-19-18(20(28)25(21(19)29)16-10-6-3-7-11-16)23(32-24)13-31-12-17(26(23)22(24)30)15-8-4-2-5-9-15/h2-11,17-19H,12-13H2,1H3/t17-,18+,19-,23-,24+/m1/s1. The zero-order valence-corrected chi connectivity index (χ0v) is 17.3. The molecule has 4 aliphatic rings. The Morgan fingerprint density at radius 3 is 2.22 bits per heavy atom. The van der Waals surface area contributed by atoms with Crippen molar-refractivity contribution in [1.82, 2.24) is 4.90 Å². The van der Waals surface area contributed by atoms with Gasteiger partial charge >= 0.3 is 0 Å². The summed E-state index contributed by atoms with van der Waals surface area (Å²) in [5, 5.41) is 0. The van der Waals surface area contributed by atoms with E-state index in [0.29, 0.717) is 5.69 Å². The number of hydrogen-bond donors (Lipinski definition) is 0. The van der Waals surface area contributed by atoms with Crippen LogP contribution in [0.4, 0.5) is 5.69 Å². The van der Waals surface area contributed by atoms with E-state index in [-0.39, 0.29) is 13.2 Å². The molecule has 2 aromatic carbocycles. The summed E-state index contributed by atoms with van der Waals surface area (Å²) in [4.78, 5) is 56.6. The number of anilines is 1. The van der Waals surface area contributed by atoms with Crippen LogP contribution in [-0.4, -0.2) is 52.9 Å². The van der Waals surface area contributed by atoms with Crippen molar-refractivity contribution in [2.75, 3.05) is 18.1 Å². The van der Waals surface area contributed by atoms with Crippen molar-refractivity contribution in [3.63, 3.8) is 0 Å². The molecule has 2 bridgehead atoms. The van der Waals surface area contributed by atoms with Crippen LogP contribution in [0.25, 0.3) is 0 Å². The number of nitrogens with zero attached hydrogens (tertiary/aromatic N) is 2. The number of rotatable bonds is 3. The second-order valence-electron chi connectivity index (χ2n) is 8.66. The number of amides is 3. The number of carbonyl (C=O) groups excluding carboxylic acids is 4. The second kappa shape index (κ2) is 6.34. The highest BCUT2D eigenvalue weighted by molar-refractivity contribution is 6.28. The largest absolute Gasteiger partial charge is 0.374 e. The highest BCUT2D eigenvalue weighted by Crippen LogP contribution is 2.62. The zero-order valence-electron chi connectivity index (χ0n) is 17.3. The molecule has 0 saturated carbocycles. The molecule has 4 fully saturated rings. The summed E-state index contributed by atoms with van der Waals surface area (Å²) in [6.45, 7) is 1.37. The molecule has 3 amide bonds. The fraction of sp³-hybridized carbons (Fsp3) is 0.333. The first kappa shape index (κ1) is 19.3. The first-order valence-electron chi connectivity index (χ1n) is 10.5. The molecule has 4 aliphatic heterocycles. The Morgan fingerprint density at radius 2 is 1.56 bits per heavy atom. The number of piperidine rings is 1. The smallest absolute Gasteiger partial charge is 0.266 e.